The number of carboxylic acids is 1. The SMILES string of the molecule is O=C(O)c1ncccc1COc1ccc2ccccc2c1. The van der Waals surface area contributed by atoms with Gasteiger partial charge >= 0.3 is 5.97 Å². The van der Waals surface area contributed by atoms with Gasteiger partial charge in [-0.3, -0.25) is 0 Å². The normalized spacial score (nSPS) is 10.5. The first-order valence-electron chi connectivity index (χ1n) is 6.53. The van der Waals surface area contributed by atoms with Crippen LogP contribution in [0.1, 0.15) is 16.1 Å². The van der Waals surface area contributed by atoms with Crippen LogP contribution < -0.4 is 4.74 Å². The lowest BCUT2D eigenvalue weighted by atomic mass is 10.1. The molecule has 0 saturated heterocycles. The lowest BCUT2D eigenvalue weighted by molar-refractivity contribution is 0.0687. The third kappa shape index (κ3) is 2.84. The van der Waals surface area contributed by atoms with E-state index in [1.165, 1.54) is 6.20 Å². The average Bonchev–Trinajstić information content (AvgIpc) is 2.53. The molecular formula is C17H13NO3. The number of hydrogen-bond donors (Lipinski definition) is 1. The average molecular weight is 279 g/mol. The van der Waals surface area contributed by atoms with Crippen LogP contribution in [0.25, 0.3) is 10.8 Å². The molecule has 3 rings (SSSR count). The largest absolute Gasteiger partial charge is 0.489 e. The van der Waals surface area contributed by atoms with E-state index >= 15 is 0 Å². The number of benzene rings is 2. The molecule has 21 heavy (non-hydrogen) atoms. The van der Waals surface area contributed by atoms with Crippen molar-refractivity contribution in [3.8, 4) is 5.75 Å². The van der Waals surface area contributed by atoms with Crippen molar-refractivity contribution in [1.82, 2.24) is 4.98 Å². The fraction of sp³-hybridized carbons (Fsp3) is 0.0588. The van der Waals surface area contributed by atoms with Gasteiger partial charge < -0.3 is 9.84 Å². The summed E-state index contributed by atoms with van der Waals surface area (Å²) in [6.07, 6.45) is 1.46. The predicted octanol–water partition coefficient (Wildman–Crippen LogP) is 3.51. The summed E-state index contributed by atoms with van der Waals surface area (Å²) in [6, 6.07) is 17.2. The van der Waals surface area contributed by atoms with E-state index in [2.05, 4.69) is 4.98 Å². The summed E-state index contributed by atoms with van der Waals surface area (Å²) in [5, 5.41) is 11.3. The topological polar surface area (TPSA) is 59.4 Å². The smallest absolute Gasteiger partial charge is 0.354 e. The lowest BCUT2D eigenvalue weighted by Gasteiger charge is -2.09. The molecule has 104 valence electrons. The van der Waals surface area contributed by atoms with Crippen LogP contribution >= 0.6 is 0 Å². The molecule has 0 unspecified atom stereocenters. The van der Waals surface area contributed by atoms with Crippen molar-refractivity contribution in [2.24, 2.45) is 0 Å². The highest BCUT2D eigenvalue weighted by molar-refractivity contribution is 5.87. The van der Waals surface area contributed by atoms with Gasteiger partial charge in [-0.15, -0.1) is 0 Å². The lowest BCUT2D eigenvalue weighted by Crippen LogP contribution is -2.07. The molecule has 3 aromatic rings. The van der Waals surface area contributed by atoms with Gasteiger partial charge in [0.2, 0.25) is 0 Å². The highest BCUT2D eigenvalue weighted by Gasteiger charge is 2.11. The highest BCUT2D eigenvalue weighted by atomic mass is 16.5. The Morgan fingerprint density at radius 1 is 1.05 bits per heavy atom. The summed E-state index contributed by atoms with van der Waals surface area (Å²) >= 11 is 0. The van der Waals surface area contributed by atoms with Gasteiger partial charge in [-0.25, -0.2) is 9.78 Å². The van der Waals surface area contributed by atoms with Crippen LogP contribution in [0.2, 0.25) is 0 Å². The minimum atomic E-state index is -1.05. The maximum Gasteiger partial charge on any atom is 0.354 e. The molecular weight excluding hydrogens is 266 g/mol. The van der Waals surface area contributed by atoms with Gasteiger partial charge in [0.15, 0.2) is 5.69 Å². The minimum absolute atomic E-state index is 0.0262. The van der Waals surface area contributed by atoms with Gasteiger partial charge in [0.1, 0.15) is 12.4 Å². The molecule has 0 radical (unpaired) electrons. The van der Waals surface area contributed by atoms with Gasteiger partial charge in [0, 0.05) is 11.8 Å². The molecule has 0 aliphatic carbocycles. The predicted molar refractivity (Wildman–Crippen MR) is 79.5 cm³/mol. The number of carboxylic acid groups (broad SMARTS) is 1. The molecule has 1 N–H and O–H groups in total. The molecule has 0 amide bonds. The van der Waals surface area contributed by atoms with Gasteiger partial charge in [-0.05, 0) is 29.0 Å². The molecule has 4 heteroatoms. The van der Waals surface area contributed by atoms with Crippen LogP contribution in [0.4, 0.5) is 0 Å². The van der Waals surface area contributed by atoms with Crippen molar-refractivity contribution in [2.45, 2.75) is 6.61 Å². The van der Waals surface area contributed by atoms with Crippen molar-refractivity contribution < 1.29 is 14.6 Å². The molecule has 1 aromatic heterocycles. The van der Waals surface area contributed by atoms with Crippen molar-refractivity contribution in [3.05, 3.63) is 72.1 Å². The Kier molecular flexibility index (Phi) is 3.51. The Hall–Kier alpha value is -2.88. The number of ether oxygens (including phenoxy) is 1. The van der Waals surface area contributed by atoms with E-state index in [0.717, 1.165) is 10.8 Å². The van der Waals surface area contributed by atoms with Gasteiger partial charge in [0.25, 0.3) is 0 Å². The third-order valence-corrected chi connectivity index (χ3v) is 3.21. The second kappa shape index (κ2) is 5.63. The number of rotatable bonds is 4. The molecule has 0 atom stereocenters. The first-order valence-corrected chi connectivity index (χ1v) is 6.53. The summed E-state index contributed by atoms with van der Waals surface area (Å²) < 4.78 is 5.69. The second-order valence-electron chi connectivity index (χ2n) is 4.61. The van der Waals surface area contributed by atoms with Crippen molar-refractivity contribution in [3.63, 3.8) is 0 Å². The third-order valence-electron chi connectivity index (χ3n) is 3.21. The van der Waals surface area contributed by atoms with E-state index in [-0.39, 0.29) is 12.3 Å². The Bertz CT molecular complexity index is 799. The Labute approximate surface area is 121 Å². The van der Waals surface area contributed by atoms with Gasteiger partial charge in [0.05, 0.1) is 0 Å². The number of aromatic carboxylic acids is 1. The second-order valence-corrected chi connectivity index (χ2v) is 4.61. The molecule has 2 aromatic carbocycles. The summed E-state index contributed by atoms with van der Waals surface area (Å²) in [7, 11) is 0. The van der Waals surface area contributed by atoms with Crippen molar-refractivity contribution >= 4 is 16.7 Å². The molecule has 1 heterocycles. The number of nitrogens with zero attached hydrogens (tertiary/aromatic N) is 1. The molecule has 0 bridgehead atoms. The zero-order valence-electron chi connectivity index (χ0n) is 11.2. The number of pyridine rings is 1. The van der Waals surface area contributed by atoms with Crippen molar-refractivity contribution in [1.29, 1.82) is 0 Å². The number of hydrogen-bond acceptors (Lipinski definition) is 3. The number of aromatic nitrogens is 1. The summed E-state index contributed by atoms with van der Waals surface area (Å²) in [5.74, 6) is -0.346. The molecule has 0 fully saturated rings. The van der Waals surface area contributed by atoms with Gasteiger partial charge in [-0.2, -0.15) is 0 Å². The van der Waals surface area contributed by atoms with E-state index in [1.807, 2.05) is 42.5 Å². The van der Waals surface area contributed by atoms with Gasteiger partial charge in [-0.1, -0.05) is 36.4 Å². The van der Waals surface area contributed by atoms with E-state index in [4.69, 9.17) is 9.84 Å². The zero-order chi connectivity index (χ0) is 14.7. The Balaban J connectivity index is 1.82. The molecule has 4 nitrogen and oxygen atoms in total. The maximum atomic E-state index is 11.1. The summed E-state index contributed by atoms with van der Waals surface area (Å²) in [4.78, 5) is 15.0. The van der Waals surface area contributed by atoms with Crippen LogP contribution in [0.5, 0.6) is 5.75 Å². The first kappa shape index (κ1) is 13.1. The maximum absolute atomic E-state index is 11.1. The molecule has 0 saturated carbocycles. The Morgan fingerprint density at radius 3 is 2.67 bits per heavy atom. The quantitative estimate of drug-likeness (QED) is 0.794. The van der Waals surface area contributed by atoms with E-state index in [0.29, 0.717) is 11.3 Å². The Morgan fingerprint density at radius 2 is 1.86 bits per heavy atom. The van der Waals surface area contributed by atoms with E-state index in [1.54, 1.807) is 12.1 Å². The monoisotopic (exact) mass is 279 g/mol. The standard InChI is InChI=1S/C17H13NO3/c19-17(20)16-14(6-3-9-18-16)11-21-15-8-7-12-4-1-2-5-13(12)10-15/h1-10H,11H2,(H,19,20). The summed E-state index contributed by atoms with van der Waals surface area (Å²) in [5.41, 5.74) is 0.580. The minimum Gasteiger partial charge on any atom is -0.489 e. The van der Waals surface area contributed by atoms with E-state index in [9.17, 15) is 4.79 Å². The molecule has 0 spiro atoms. The molecule has 0 aliphatic rings. The molecule has 0 aliphatic heterocycles. The fourth-order valence-corrected chi connectivity index (χ4v) is 2.17. The van der Waals surface area contributed by atoms with Crippen LogP contribution in [0, 0.1) is 0 Å². The first-order chi connectivity index (χ1) is 10.2. The number of fused-ring (bicyclic) bond motifs is 1. The summed E-state index contributed by atoms with van der Waals surface area (Å²) in [6.45, 7) is 0.174. The van der Waals surface area contributed by atoms with Crippen LogP contribution in [0.15, 0.2) is 60.8 Å². The number of carbonyl (C=O) groups is 1. The zero-order valence-corrected chi connectivity index (χ0v) is 11.2. The van der Waals surface area contributed by atoms with Crippen LogP contribution in [-0.4, -0.2) is 16.1 Å². The fourth-order valence-electron chi connectivity index (χ4n) is 2.17. The van der Waals surface area contributed by atoms with Crippen LogP contribution in [0.3, 0.4) is 0 Å². The van der Waals surface area contributed by atoms with Crippen molar-refractivity contribution in [2.75, 3.05) is 0 Å². The van der Waals surface area contributed by atoms with Crippen LogP contribution in [-0.2, 0) is 6.61 Å². The van der Waals surface area contributed by atoms with E-state index < -0.39 is 5.97 Å². The highest BCUT2D eigenvalue weighted by Crippen LogP contribution is 2.21.